The molecule has 1 aromatic carbocycles. The van der Waals surface area contributed by atoms with Gasteiger partial charge in [0.05, 0.1) is 0 Å². The van der Waals surface area contributed by atoms with Crippen molar-refractivity contribution in [2.75, 3.05) is 17.3 Å². The van der Waals surface area contributed by atoms with Crippen molar-refractivity contribution in [1.29, 1.82) is 0 Å². The van der Waals surface area contributed by atoms with Crippen LogP contribution in [0.4, 0.5) is 0 Å². The van der Waals surface area contributed by atoms with E-state index < -0.39 is 26.9 Å². The quantitative estimate of drug-likeness (QED) is 0.0331. The molecule has 0 heterocycles. The summed E-state index contributed by atoms with van der Waals surface area (Å²) in [5.41, 5.74) is 2.33. The van der Waals surface area contributed by atoms with Gasteiger partial charge >= 0.3 is 213 Å². The normalized spacial score (nSPS) is 16.2. The summed E-state index contributed by atoms with van der Waals surface area (Å²) in [6, 6.07) is 10.8. The van der Waals surface area contributed by atoms with E-state index in [0.29, 0.717) is 0 Å². The van der Waals surface area contributed by atoms with Crippen LogP contribution < -0.4 is 5.30 Å². The Hall–Kier alpha value is -2.43. The Morgan fingerprint density at radius 2 is 1.79 bits per heavy atom. The van der Waals surface area contributed by atoms with Gasteiger partial charge in [0.1, 0.15) is 0 Å². The molecule has 5 heteroatoms. The Morgan fingerprint density at radius 1 is 1.11 bits per heavy atom. The third kappa shape index (κ3) is 12.4. The first-order valence-electron chi connectivity index (χ1n) is 13.3. The van der Waals surface area contributed by atoms with E-state index in [2.05, 4.69) is 92.1 Å². The van der Waals surface area contributed by atoms with Crippen LogP contribution in [0.1, 0.15) is 47.5 Å². The fourth-order valence-electron chi connectivity index (χ4n) is 3.70. The molecular weight excluding hydrogens is 600 g/mol. The maximum atomic E-state index is 11.3. The largest absolute Gasteiger partial charge is 0.0683 e. The number of halogens is 1. The molecule has 0 aliphatic heterocycles. The molecule has 0 saturated carbocycles. The van der Waals surface area contributed by atoms with Crippen molar-refractivity contribution in [2.45, 2.75) is 47.5 Å². The number of nitrogens with zero attached hydrogens (tertiary/aromatic N) is 1. The van der Waals surface area contributed by atoms with Crippen molar-refractivity contribution < 1.29 is 3.14 Å². The van der Waals surface area contributed by atoms with Crippen LogP contribution in [0.2, 0.25) is 0 Å². The Kier molecular flexibility index (Phi) is 20.1. The second-order valence-electron chi connectivity index (χ2n) is 8.04. The van der Waals surface area contributed by atoms with Crippen molar-refractivity contribution in [1.82, 2.24) is 0 Å². The summed E-state index contributed by atoms with van der Waals surface area (Å²) in [5.74, 6) is 0. The minimum atomic E-state index is -2.47. The second kappa shape index (κ2) is 21.5. The molecule has 38 heavy (non-hydrogen) atoms. The molecule has 0 saturated heterocycles. The monoisotopic (exact) mass is 648 g/mol. The predicted octanol–water partition coefficient (Wildman–Crippen LogP) is 9.84. The van der Waals surface area contributed by atoms with Gasteiger partial charge in [0.2, 0.25) is 0 Å². The summed E-state index contributed by atoms with van der Waals surface area (Å²) < 4.78 is 1.77. The molecule has 0 amide bonds. The average Bonchev–Trinajstić information content (AvgIpc) is 3.25. The van der Waals surface area contributed by atoms with E-state index in [1.54, 1.807) is 4.93 Å². The summed E-state index contributed by atoms with van der Waals surface area (Å²) in [6.07, 6.45) is 26.7. The molecule has 2 rings (SSSR count). The molecule has 0 fully saturated rings. The van der Waals surface area contributed by atoms with E-state index in [9.17, 15) is 10.1 Å². The molecule has 3 nitrogen and oxygen atoms in total. The Balaban J connectivity index is 0.00000326. The number of allylic oxidation sites excluding steroid dienone is 14. The molecule has 0 bridgehead atoms. The molecule has 2 unspecified atom stereocenters. The Morgan fingerprint density at radius 3 is 2.39 bits per heavy atom. The number of hydrogen-bond donors (Lipinski definition) is 0. The smallest absolute Gasteiger partial charge is 0.0683 e. The van der Waals surface area contributed by atoms with Gasteiger partial charge in [-0.05, 0) is 0 Å². The molecule has 0 spiro atoms. The van der Waals surface area contributed by atoms with Crippen LogP contribution in [0.3, 0.4) is 0 Å². The molecule has 1 aliphatic rings. The number of rotatable bonds is 12. The van der Waals surface area contributed by atoms with E-state index in [-0.39, 0.29) is 3.14 Å². The van der Waals surface area contributed by atoms with Gasteiger partial charge in [0.15, 0.2) is 0 Å². The summed E-state index contributed by atoms with van der Waals surface area (Å²) in [6.45, 7) is 17.8. The van der Waals surface area contributed by atoms with Gasteiger partial charge in [-0.3, -0.25) is 0 Å². The summed E-state index contributed by atoms with van der Waals surface area (Å²) in [5, 5.41) is 14.0. The summed E-state index contributed by atoms with van der Waals surface area (Å²) in [4.78, 5) is 13.1. The SMILES string of the molecule is C=CC/C(=C\C=[IH](/C)[N+](=O)[O-])C[P+](C/C=C\C=C(\C)C=C)(C1=CCC=CC=C1)c1ccccc1.CC.CC. The molecule has 2 atom stereocenters. The molecule has 0 aromatic heterocycles. The van der Waals surface area contributed by atoms with Crippen LogP contribution in [0.25, 0.3) is 0 Å². The zero-order valence-corrected chi connectivity index (χ0v) is 27.4. The fourth-order valence-corrected chi connectivity index (χ4v) is 9.28. The molecule has 1 aliphatic carbocycles. The van der Waals surface area contributed by atoms with E-state index in [0.717, 1.165) is 30.7 Å². The minimum absolute atomic E-state index is 0.0930. The van der Waals surface area contributed by atoms with Crippen molar-refractivity contribution in [3.63, 3.8) is 0 Å². The first kappa shape index (κ1) is 35.6. The molecule has 208 valence electrons. The number of alkyl halides is 1. The number of benzene rings is 1. The van der Waals surface area contributed by atoms with Crippen LogP contribution in [-0.4, -0.2) is 24.4 Å². The standard InChI is InChI=1S/C29H36INO2P.2C2H6/c1-5-16-27(22-23-30(4)31(32)33)25-34(29-20-12-9-13-21-29,24-15-14-17-26(3)6-2)28-18-10-7-8-11-19-28;2*1-2/h5-10,12-15,17-23,30H,1-2,11,16,24-25H2,3-4H3;2*1-2H3/q+1;;/b15-14-,26-17-,27-22+;;. The van der Waals surface area contributed by atoms with Crippen molar-refractivity contribution >= 4 is 36.2 Å². The average molecular weight is 649 g/mol. The number of hydrogen-bond acceptors (Lipinski definition) is 2. The van der Waals surface area contributed by atoms with Crippen molar-refractivity contribution in [2.24, 2.45) is 0 Å². The fraction of sp³-hybridized carbons (Fsp3) is 0.303. The minimum Gasteiger partial charge on any atom is -0.0683 e. The third-order valence-corrected chi connectivity index (χ3v) is 12.8. The first-order valence-corrected chi connectivity index (χ1v) is 20.2. The summed E-state index contributed by atoms with van der Waals surface area (Å²) >= 11 is -2.47. The maximum absolute atomic E-state index is 11.3. The van der Waals surface area contributed by atoms with Gasteiger partial charge in [0.25, 0.3) is 0 Å². The molecule has 0 radical (unpaired) electrons. The topological polar surface area (TPSA) is 43.1 Å². The van der Waals surface area contributed by atoms with Gasteiger partial charge < -0.3 is 0 Å². The van der Waals surface area contributed by atoms with Crippen LogP contribution in [0.15, 0.2) is 127 Å². The van der Waals surface area contributed by atoms with Gasteiger partial charge in [-0.15, -0.1) is 0 Å². The molecule has 0 N–H and O–H groups in total. The predicted molar refractivity (Wildman–Crippen MR) is 187 cm³/mol. The van der Waals surface area contributed by atoms with E-state index in [1.807, 2.05) is 56.9 Å². The van der Waals surface area contributed by atoms with Gasteiger partial charge in [-0.25, -0.2) is 0 Å². The van der Waals surface area contributed by atoms with E-state index in [1.165, 1.54) is 16.2 Å². The van der Waals surface area contributed by atoms with Crippen molar-refractivity contribution in [3.8, 4) is 0 Å². The molecule has 1 aromatic rings. The molecular formula is C33H48INO2P+. The van der Waals surface area contributed by atoms with E-state index >= 15 is 0 Å². The van der Waals surface area contributed by atoms with Gasteiger partial charge in [-0.2, -0.15) is 0 Å². The van der Waals surface area contributed by atoms with Gasteiger partial charge in [0, 0.05) is 0 Å². The van der Waals surface area contributed by atoms with Crippen LogP contribution in [0, 0.1) is 10.1 Å². The van der Waals surface area contributed by atoms with Crippen LogP contribution >= 0.6 is 26.9 Å². The Bertz CT molecular complexity index is 1090. The van der Waals surface area contributed by atoms with Gasteiger partial charge in [-0.1, -0.05) is 27.7 Å². The maximum Gasteiger partial charge on any atom is -0.0683 e. The van der Waals surface area contributed by atoms with Crippen molar-refractivity contribution in [3.05, 3.63) is 137 Å². The van der Waals surface area contributed by atoms with Crippen LogP contribution in [0.5, 0.6) is 0 Å². The zero-order chi connectivity index (χ0) is 28.8. The number of nitro groups is 1. The van der Waals surface area contributed by atoms with Crippen LogP contribution in [-0.2, 0) is 0 Å². The zero-order valence-electron chi connectivity index (χ0n) is 24.2. The second-order valence-corrected chi connectivity index (χ2v) is 16.3. The first-order chi connectivity index (χ1) is 18.4. The van der Waals surface area contributed by atoms with E-state index in [4.69, 9.17) is 0 Å². The Labute approximate surface area is 239 Å². The summed E-state index contributed by atoms with van der Waals surface area (Å²) in [7, 11) is -1.88. The third-order valence-electron chi connectivity index (χ3n) is 5.57.